The molecule has 19 heavy (non-hydrogen) atoms. The molecule has 1 unspecified atom stereocenters. The lowest BCUT2D eigenvalue weighted by Gasteiger charge is -2.13. The Balaban J connectivity index is 2.33. The molecule has 0 aliphatic carbocycles. The highest BCUT2D eigenvalue weighted by Gasteiger charge is 2.24. The van der Waals surface area contributed by atoms with Crippen LogP contribution in [0.15, 0.2) is 51.5 Å². The first-order valence-electron chi connectivity index (χ1n) is 5.65. The number of aromatic nitrogens is 1. The van der Waals surface area contributed by atoms with Crippen molar-refractivity contribution in [3.05, 3.63) is 62.8 Å². The van der Waals surface area contributed by atoms with Crippen LogP contribution in [-0.4, -0.2) is 16.1 Å². The molecule has 0 saturated carbocycles. The molecular weight excluding hydrogens is 374 g/mol. The van der Waals surface area contributed by atoms with Crippen molar-refractivity contribution in [3.8, 4) is 0 Å². The Hall–Kier alpha value is -1.20. The van der Waals surface area contributed by atoms with E-state index in [1.54, 1.807) is 6.20 Å². The number of aliphatic carboxylic acids is 1. The number of pyridine rings is 1. The zero-order valence-electron chi connectivity index (χ0n) is 9.88. The van der Waals surface area contributed by atoms with Crippen LogP contribution < -0.4 is 0 Å². The molecule has 1 aromatic carbocycles. The predicted octanol–water partition coefficient (Wildman–Crippen LogP) is 4.02. The molecule has 1 N–H and O–H groups in total. The fourth-order valence-electron chi connectivity index (χ4n) is 1.83. The van der Waals surface area contributed by atoms with Crippen molar-refractivity contribution in [2.45, 2.75) is 12.3 Å². The van der Waals surface area contributed by atoms with E-state index in [9.17, 15) is 9.90 Å². The number of carboxylic acid groups (broad SMARTS) is 1. The monoisotopic (exact) mass is 383 g/mol. The van der Waals surface area contributed by atoms with E-state index in [-0.39, 0.29) is 0 Å². The molecule has 0 fully saturated rings. The molecule has 0 aliphatic heterocycles. The number of hydrogen-bond donors (Lipinski definition) is 1. The van der Waals surface area contributed by atoms with E-state index in [1.807, 2.05) is 36.4 Å². The van der Waals surface area contributed by atoms with Crippen LogP contribution in [0, 0.1) is 0 Å². The summed E-state index contributed by atoms with van der Waals surface area (Å²) in [5, 5.41) is 9.41. The van der Waals surface area contributed by atoms with Crippen molar-refractivity contribution in [1.82, 2.24) is 4.98 Å². The zero-order chi connectivity index (χ0) is 13.8. The number of carbonyl (C=O) groups is 1. The van der Waals surface area contributed by atoms with Crippen LogP contribution in [0.1, 0.15) is 17.2 Å². The molecule has 2 rings (SSSR count). The van der Waals surface area contributed by atoms with Gasteiger partial charge in [0.15, 0.2) is 0 Å². The lowest BCUT2D eigenvalue weighted by Crippen LogP contribution is -2.16. The van der Waals surface area contributed by atoms with Gasteiger partial charge in [-0.3, -0.25) is 9.78 Å². The summed E-state index contributed by atoms with van der Waals surface area (Å²) in [7, 11) is 0. The van der Waals surface area contributed by atoms with Crippen LogP contribution in [0.3, 0.4) is 0 Å². The van der Waals surface area contributed by atoms with Crippen LogP contribution in [0.5, 0.6) is 0 Å². The minimum absolute atomic E-state index is 0.420. The van der Waals surface area contributed by atoms with Crippen molar-refractivity contribution >= 4 is 37.8 Å². The number of nitrogens with zero attached hydrogens (tertiary/aromatic N) is 1. The molecule has 0 saturated heterocycles. The molecule has 0 amide bonds. The summed E-state index contributed by atoms with van der Waals surface area (Å²) in [6.45, 7) is 0. The highest BCUT2D eigenvalue weighted by atomic mass is 79.9. The van der Waals surface area contributed by atoms with Crippen LogP contribution in [0.4, 0.5) is 0 Å². The summed E-state index contributed by atoms with van der Waals surface area (Å²) in [5.41, 5.74) is 1.52. The van der Waals surface area contributed by atoms with Crippen molar-refractivity contribution < 1.29 is 9.90 Å². The van der Waals surface area contributed by atoms with Gasteiger partial charge in [-0.2, -0.15) is 0 Å². The number of halogens is 2. The van der Waals surface area contributed by atoms with Crippen molar-refractivity contribution in [1.29, 1.82) is 0 Å². The molecule has 0 spiro atoms. The molecule has 0 radical (unpaired) electrons. The average molecular weight is 385 g/mol. The summed E-state index contributed by atoms with van der Waals surface area (Å²) >= 11 is 6.68. The predicted molar refractivity (Wildman–Crippen MR) is 80.2 cm³/mol. The fourth-order valence-corrected chi connectivity index (χ4v) is 3.10. The smallest absolute Gasteiger partial charge is 0.312 e. The summed E-state index contributed by atoms with van der Waals surface area (Å²) in [6.07, 6.45) is 2.03. The number of hydrogen-bond acceptors (Lipinski definition) is 2. The lowest BCUT2D eigenvalue weighted by molar-refractivity contribution is -0.138. The Kier molecular flexibility index (Phi) is 4.71. The Morgan fingerprint density at radius 1 is 1.26 bits per heavy atom. The summed E-state index contributed by atoms with van der Waals surface area (Å²) < 4.78 is 1.51. The highest BCUT2D eigenvalue weighted by molar-refractivity contribution is 9.11. The molecule has 1 atom stereocenters. The topological polar surface area (TPSA) is 50.2 Å². The largest absolute Gasteiger partial charge is 0.481 e. The molecule has 2 aromatic rings. The zero-order valence-corrected chi connectivity index (χ0v) is 13.1. The van der Waals surface area contributed by atoms with E-state index in [0.717, 1.165) is 10.0 Å². The van der Waals surface area contributed by atoms with Crippen LogP contribution in [-0.2, 0) is 11.2 Å². The molecule has 3 nitrogen and oxygen atoms in total. The first-order chi connectivity index (χ1) is 9.08. The fraction of sp³-hybridized carbons (Fsp3) is 0.143. The Bertz CT molecular complexity index is 587. The normalized spacial score (nSPS) is 12.1. The number of benzene rings is 1. The van der Waals surface area contributed by atoms with E-state index >= 15 is 0 Å². The standard InChI is InChI=1S/C14H11Br2NO2/c15-10-7-12(16)13(17-8-10)11(14(18)19)6-9-4-2-1-3-5-9/h1-5,7-8,11H,6H2,(H,18,19). The van der Waals surface area contributed by atoms with E-state index in [4.69, 9.17) is 0 Å². The third kappa shape index (κ3) is 3.64. The minimum atomic E-state index is -0.876. The van der Waals surface area contributed by atoms with Gasteiger partial charge in [-0.15, -0.1) is 0 Å². The lowest BCUT2D eigenvalue weighted by atomic mass is 9.96. The van der Waals surface area contributed by atoms with Gasteiger partial charge in [0.2, 0.25) is 0 Å². The van der Waals surface area contributed by atoms with E-state index in [0.29, 0.717) is 16.6 Å². The molecular formula is C14H11Br2NO2. The Morgan fingerprint density at radius 2 is 1.95 bits per heavy atom. The van der Waals surface area contributed by atoms with Gasteiger partial charge in [0.05, 0.1) is 5.69 Å². The van der Waals surface area contributed by atoms with Gasteiger partial charge in [0.1, 0.15) is 5.92 Å². The second kappa shape index (κ2) is 6.30. The second-order valence-corrected chi connectivity index (χ2v) is 5.87. The van der Waals surface area contributed by atoms with Crippen molar-refractivity contribution in [2.24, 2.45) is 0 Å². The van der Waals surface area contributed by atoms with Crippen LogP contribution in [0.2, 0.25) is 0 Å². The van der Waals surface area contributed by atoms with Gasteiger partial charge in [-0.1, -0.05) is 30.3 Å². The third-order valence-corrected chi connectivity index (χ3v) is 3.82. The number of carboxylic acids is 1. The highest BCUT2D eigenvalue weighted by Crippen LogP contribution is 2.28. The van der Waals surface area contributed by atoms with Gasteiger partial charge < -0.3 is 5.11 Å². The van der Waals surface area contributed by atoms with Crippen LogP contribution in [0.25, 0.3) is 0 Å². The van der Waals surface area contributed by atoms with Crippen molar-refractivity contribution in [2.75, 3.05) is 0 Å². The van der Waals surface area contributed by atoms with Gasteiger partial charge in [-0.25, -0.2) is 0 Å². The van der Waals surface area contributed by atoms with Gasteiger partial charge >= 0.3 is 5.97 Å². The van der Waals surface area contributed by atoms with Crippen LogP contribution >= 0.6 is 31.9 Å². The first kappa shape index (κ1) is 14.2. The maximum Gasteiger partial charge on any atom is 0.312 e. The van der Waals surface area contributed by atoms with Gasteiger partial charge in [-0.05, 0) is 49.9 Å². The quantitative estimate of drug-likeness (QED) is 0.866. The third-order valence-electron chi connectivity index (χ3n) is 2.75. The first-order valence-corrected chi connectivity index (χ1v) is 7.24. The molecule has 0 aliphatic rings. The second-order valence-electron chi connectivity index (χ2n) is 4.10. The van der Waals surface area contributed by atoms with E-state index in [1.165, 1.54) is 0 Å². The minimum Gasteiger partial charge on any atom is -0.481 e. The molecule has 1 aromatic heterocycles. The summed E-state index contributed by atoms with van der Waals surface area (Å²) in [6, 6.07) is 11.4. The molecule has 1 heterocycles. The Labute approximate surface area is 127 Å². The molecule has 5 heteroatoms. The van der Waals surface area contributed by atoms with Crippen molar-refractivity contribution in [3.63, 3.8) is 0 Å². The SMILES string of the molecule is O=C(O)C(Cc1ccccc1)c1ncc(Br)cc1Br. The molecule has 98 valence electrons. The maximum absolute atomic E-state index is 11.5. The Morgan fingerprint density at radius 3 is 2.53 bits per heavy atom. The van der Waals surface area contributed by atoms with Gasteiger partial charge in [0, 0.05) is 15.1 Å². The maximum atomic E-state index is 11.5. The average Bonchev–Trinajstić information content (AvgIpc) is 2.38. The summed E-state index contributed by atoms with van der Waals surface area (Å²) in [4.78, 5) is 15.7. The van der Waals surface area contributed by atoms with E-state index in [2.05, 4.69) is 36.8 Å². The molecule has 0 bridgehead atoms. The van der Waals surface area contributed by atoms with E-state index < -0.39 is 11.9 Å². The van der Waals surface area contributed by atoms with Gasteiger partial charge in [0.25, 0.3) is 0 Å². The summed E-state index contributed by atoms with van der Waals surface area (Å²) in [5.74, 6) is -1.54. The number of rotatable bonds is 4.